The minimum absolute atomic E-state index is 0.181. The van der Waals surface area contributed by atoms with E-state index in [0.717, 1.165) is 6.07 Å². The molecule has 0 heterocycles. The fourth-order valence-corrected chi connectivity index (χ4v) is 3.38. The van der Waals surface area contributed by atoms with Crippen molar-refractivity contribution in [2.24, 2.45) is 11.8 Å². The van der Waals surface area contributed by atoms with E-state index in [9.17, 15) is 22.9 Å². The van der Waals surface area contributed by atoms with E-state index in [2.05, 4.69) is 4.72 Å². The largest absolute Gasteiger partial charge is 0.323 e. The SMILES string of the molecule is CC1CC1NS(=O)(=O)c1c(F)cc([N+](=O)[O-])cc1NN. The zero-order valence-electron chi connectivity index (χ0n) is 10.5. The van der Waals surface area contributed by atoms with E-state index in [1.54, 1.807) is 0 Å². The van der Waals surface area contributed by atoms with Crippen LogP contribution in [0.2, 0.25) is 0 Å². The number of rotatable bonds is 5. The number of nitrogens with two attached hydrogens (primary N) is 1. The standard InChI is InChI=1S/C10H13FN4O4S/c1-5-2-8(5)14-20(18,19)10-7(11)3-6(15(16)17)4-9(10)13-12/h3-5,8,13-14H,2,12H2,1H3. The first-order valence-corrected chi connectivity index (χ1v) is 7.21. The second-order valence-electron chi connectivity index (χ2n) is 4.65. The Hall–Kier alpha value is -1.78. The van der Waals surface area contributed by atoms with Gasteiger partial charge in [-0.1, -0.05) is 6.92 Å². The molecule has 0 bridgehead atoms. The lowest BCUT2D eigenvalue weighted by atomic mass is 10.3. The van der Waals surface area contributed by atoms with Gasteiger partial charge in [-0.05, 0) is 12.3 Å². The summed E-state index contributed by atoms with van der Waals surface area (Å²) in [6.07, 6.45) is 0.666. The minimum Gasteiger partial charge on any atom is -0.323 e. The van der Waals surface area contributed by atoms with Crippen LogP contribution < -0.4 is 16.0 Å². The first-order valence-electron chi connectivity index (χ1n) is 5.73. The Bertz CT molecular complexity index is 663. The summed E-state index contributed by atoms with van der Waals surface area (Å²) in [5, 5.41) is 10.6. The fourth-order valence-electron chi connectivity index (χ4n) is 1.81. The Kier molecular flexibility index (Phi) is 3.63. The van der Waals surface area contributed by atoms with Crippen molar-refractivity contribution in [3.63, 3.8) is 0 Å². The number of nitrogen functional groups attached to an aromatic ring is 1. The van der Waals surface area contributed by atoms with E-state index in [1.165, 1.54) is 0 Å². The number of hydrazine groups is 1. The number of hydrogen-bond donors (Lipinski definition) is 3. The van der Waals surface area contributed by atoms with E-state index in [1.807, 2.05) is 12.3 Å². The maximum atomic E-state index is 13.9. The molecule has 1 saturated carbocycles. The van der Waals surface area contributed by atoms with Gasteiger partial charge in [0.1, 0.15) is 4.90 Å². The number of sulfonamides is 1. The summed E-state index contributed by atoms with van der Waals surface area (Å²) in [6, 6.07) is 1.17. The fraction of sp³-hybridized carbons (Fsp3) is 0.400. The Morgan fingerprint density at radius 2 is 2.10 bits per heavy atom. The summed E-state index contributed by atoms with van der Waals surface area (Å²) < 4.78 is 40.4. The number of hydrogen-bond acceptors (Lipinski definition) is 6. The van der Waals surface area contributed by atoms with Crippen LogP contribution in [-0.4, -0.2) is 19.4 Å². The zero-order chi connectivity index (χ0) is 15.1. The highest BCUT2D eigenvalue weighted by molar-refractivity contribution is 7.89. The van der Waals surface area contributed by atoms with Crippen LogP contribution in [-0.2, 0) is 10.0 Å². The molecule has 1 aliphatic carbocycles. The van der Waals surface area contributed by atoms with Crippen LogP contribution in [0.1, 0.15) is 13.3 Å². The molecule has 1 aromatic rings. The number of nitro benzene ring substituents is 1. The molecule has 4 N–H and O–H groups in total. The van der Waals surface area contributed by atoms with Crippen LogP contribution in [0.25, 0.3) is 0 Å². The lowest BCUT2D eigenvalue weighted by Crippen LogP contribution is -2.29. The summed E-state index contributed by atoms with van der Waals surface area (Å²) in [7, 11) is -4.14. The van der Waals surface area contributed by atoms with Crippen molar-refractivity contribution in [2.75, 3.05) is 5.43 Å². The van der Waals surface area contributed by atoms with E-state index >= 15 is 0 Å². The highest BCUT2D eigenvalue weighted by Gasteiger charge is 2.38. The van der Waals surface area contributed by atoms with Crippen LogP contribution in [0, 0.1) is 21.8 Å². The maximum absolute atomic E-state index is 13.9. The normalized spacial score (nSPS) is 21.6. The number of benzene rings is 1. The second-order valence-corrected chi connectivity index (χ2v) is 6.30. The van der Waals surface area contributed by atoms with E-state index in [4.69, 9.17) is 5.84 Å². The lowest BCUT2D eigenvalue weighted by molar-refractivity contribution is -0.385. The Labute approximate surface area is 114 Å². The van der Waals surface area contributed by atoms with Gasteiger partial charge in [0, 0.05) is 12.1 Å². The summed E-state index contributed by atoms with van der Waals surface area (Å²) in [5.41, 5.74) is 1.03. The van der Waals surface area contributed by atoms with Gasteiger partial charge in [-0.15, -0.1) is 0 Å². The summed E-state index contributed by atoms with van der Waals surface area (Å²) in [5.74, 6) is 4.08. The molecule has 0 aromatic heterocycles. The number of non-ortho nitro benzene ring substituents is 1. The van der Waals surface area contributed by atoms with Gasteiger partial charge < -0.3 is 5.43 Å². The second kappa shape index (κ2) is 4.96. The average Bonchev–Trinajstić information content (AvgIpc) is 3.01. The molecular weight excluding hydrogens is 291 g/mol. The molecule has 1 aromatic carbocycles. The first-order chi connectivity index (χ1) is 9.26. The predicted octanol–water partition coefficient (Wildman–Crippen LogP) is 0.706. The number of nitrogens with zero attached hydrogens (tertiary/aromatic N) is 1. The minimum atomic E-state index is -4.14. The molecule has 0 spiro atoms. The molecule has 1 fully saturated rings. The van der Waals surface area contributed by atoms with Crippen LogP contribution in [0.5, 0.6) is 0 Å². The molecule has 2 atom stereocenters. The van der Waals surface area contributed by atoms with Gasteiger partial charge in [0.05, 0.1) is 16.7 Å². The zero-order valence-corrected chi connectivity index (χ0v) is 11.3. The van der Waals surface area contributed by atoms with Gasteiger partial charge >= 0.3 is 0 Å². The third-order valence-electron chi connectivity index (χ3n) is 3.08. The van der Waals surface area contributed by atoms with Crippen molar-refractivity contribution in [3.05, 3.63) is 28.1 Å². The maximum Gasteiger partial charge on any atom is 0.274 e. The van der Waals surface area contributed by atoms with Crippen LogP contribution in [0.15, 0.2) is 17.0 Å². The molecule has 0 aliphatic heterocycles. The molecule has 10 heteroatoms. The number of anilines is 1. The van der Waals surface area contributed by atoms with Crippen LogP contribution in [0.4, 0.5) is 15.8 Å². The third kappa shape index (κ3) is 2.71. The predicted molar refractivity (Wildman–Crippen MR) is 68.8 cm³/mol. The van der Waals surface area contributed by atoms with Gasteiger partial charge in [-0.25, -0.2) is 17.5 Å². The van der Waals surface area contributed by atoms with Crippen molar-refractivity contribution < 1.29 is 17.7 Å². The van der Waals surface area contributed by atoms with E-state index < -0.39 is 31.3 Å². The van der Waals surface area contributed by atoms with Crippen molar-refractivity contribution in [2.45, 2.75) is 24.3 Å². The smallest absolute Gasteiger partial charge is 0.274 e. The van der Waals surface area contributed by atoms with E-state index in [-0.39, 0.29) is 17.6 Å². The van der Waals surface area contributed by atoms with Crippen molar-refractivity contribution >= 4 is 21.4 Å². The molecule has 0 amide bonds. The number of nitrogens with one attached hydrogen (secondary N) is 2. The molecule has 110 valence electrons. The monoisotopic (exact) mass is 304 g/mol. The number of nitro groups is 1. The Morgan fingerprint density at radius 3 is 2.55 bits per heavy atom. The van der Waals surface area contributed by atoms with Gasteiger partial charge in [-0.2, -0.15) is 0 Å². The highest BCUT2D eigenvalue weighted by Crippen LogP contribution is 2.34. The summed E-state index contributed by atoms with van der Waals surface area (Å²) in [4.78, 5) is 9.06. The van der Waals surface area contributed by atoms with Gasteiger partial charge in [0.15, 0.2) is 5.82 Å². The third-order valence-corrected chi connectivity index (χ3v) is 4.64. The van der Waals surface area contributed by atoms with Crippen molar-refractivity contribution in [1.29, 1.82) is 0 Å². The topological polar surface area (TPSA) is 127 Å². The molecule has 2 unspecified atom stereocenters. The van der Waals surface area contributed by atoms with Gasteiger partial charge in [0.2, 0.25) is 10.0 Å². The van der Waals surface area contributed by atoms with Crippen LogP contribution >= 0.6 is 0 Å². The lowest BCUT2D eigenvalue weighted by Gasteiger charge is -2.11. The molecule has 2 rings (SSSR count). The van der Waals surface area contributed by atoms with E-state index in [0.29, 0.717) is 12.5 Å². The molecule has 0 radical (unpaired) electrons. The first kappa shape index (κ1) is 14.6. The number of halogens is 1. The molecule has 0 saturated heterocycles. The molecule has 8 nitrogen and oxygen atoms in total. The Morgan fingerprint density at radius 1 is 1.50 bits per heavy atom. The van der Waals surface area contributed by atoms with Gasteiger partial charge in [-0.3, -0.25) is 16.0 Å². The van der Waals surface area contributed by atoms with Gasteiger partial charge in [0.25, 0.3) is 5.69 Å². The molecule has 1 aliphatic rings. The summed E-state index contributed by atoms with van der Waals surface area (Å²) in [6.45, 7) is 1.85. The molecule has 20 heavy (non-hydrogen) atoms. The Balaban J connectivity index is 2.47. The average molecular weight is 304 g/mol. The van der Waals surface area contributed by atoms with Crippen LogP contribution in [0.3, 0.4) is 0 Å². The summed E-state index contributed by atoms with van der Waals surface area (Å²) >= 11 is 0. The van der Waals surface area contributed by atoms with Crippen molar-refractivity contribution in [3.8, 4) is 0 Å². The quantitative estimate of drug-likeness (QED) is 0.417. The highest BCUT2D eigenvalue weighted by atomic mass is 32.2. The molecular formula is C10H13FN4O4S. The van der Waals surface area contributed by atoms with Crippen molar-refractivity contribution in [1.82, 2.24) is 4.72 Å².